The number of rotatable bonds is 5. The maximum absolute atomic E-state index is 7.14. The molecule has 1 N–H and O–H groups in total. The van der Waals surface area contributed by atoms with Crippen LogP contribution in [0.1, 0.15) is 12.5 Å². The number of hydrogen-bond donors (Lipinski definition) is 1. The van der Waals surface area contributed by atoms with E-state index >= 15 is 0 Å². The lowest BCUT2D eigenvalue weighted by Crippen LogP contribution is -2.03. The summed E-state index contributed by atoms with van der Waals surface area (Å²) in [4.78, 5) is 0. The molecular weight excluding hydrogens is 206 g/mol. The molecule has 0 atom stereocenters. The zero-order valence-electron chi connectivity index (χ0n) is 9.87. The summed E-state index contributed by atoms with van der Waals surface area (Å²) in [5.74, 6) is 1.67. The highest BCUT2D eigenvalue weighted by atomic mass is 16.5. The Morgan fingerprint density at radius 1 is 1.19 bits per heavy atom. The maximum atomic E-state index is 7.14. The van der Waals surface area contributed by atoms with Crippen molar-refractivity contribution >= 4 is 5.90 Å². The van der Waals surface area contributed by atoms with Crippen LogP contribution in [0.5, 0.6) is 11.5 Å². The van der Waals surface area contributed by atoms with Crippen molar-refractivity contribution < 1.29 is 14.2 Å². The van der Waals surface area contributed by atoms with Crippen molar-refractivity contribution in [1.82, 2.24) is 0 Å². The van der Waals surface area contributed by atoms with E-state index in [4.69, 9.17) is 19.6 Å². The first kappa shape index (κ1) is 12.4. The van der Waals surface area contributed by atoms with Crippen LogP contribution in [0, 0.1) is 5.41 Å². The molecule has 0 amide bonds. The summed E-state index contributed by atoms with van der Waals surface area (Å²) < 4.78 is 15.4. The Balaban J connectivity index is 2.64. The number of benzene rings is 1. The number of nitrogens with one attached hydrogen (secondary N) is 1. The van der Waals surface area contributed by atoms with Gasteiger partial charge in [-0.05, 0) is 17.7 Å². The minimum absolute atomic E-state index is 0.237. The van der Waals surface area contributed by atoms with Gasteiger partial charge in [-0.25, -0.2) is 0 Å². The van der Waals surface area contributed by atoms with Crippen molar-refractivity contribution in [2.45, 2.75) is 13.3 Å². The molecule has 1 rings (SSSR count). The molecule has 0 spiro atoms. The molecule has 88 valence electrons. The van der Waals surface area contributed by atoms with E-state index in [0.717, 1.165) is 17.7 Å². The number of methoxy groups -OCH3 is 2. The predicted molar refractivity (Wildman–Crippen MR) is 62.6 cm³/mol. The molecule has 0 aliphatic rings. The number of ether oxygens (including phenoxy) is 3. The Hall–Kier alpha value is -1.71. The molecule has 0 aromatic heterocycles. The maximum Gasteiger partial charge on any atom is 0.177 e. The third kappa shape index (κ3) is 3.46. The van der Waals surface area contributed by atoms with Crippen LogP contribution in [0.15, 0.2) is 18.2 Å². The summed E-state index contributed by atoms with van der Waals surface area (Å²) in [6.07, 6.45) is 0.747. The second-order valence-corrected chi connectivity index (χ2v) is 3.34. The Morgan fingerprint density at radius 3 is 2.44 bits per heavy atom. The van der Waals surface area contributed by atoms with Gasteiger partial charge in [-0.2, -0.15) is 0 Å². The molecule has 0 radical (unpaired) electrons. The van der Waals surface area contributed by atoms with Crippen LogP contribution in [-0.2, 0) is 11.2 Å². The standard InChI is InChI=1S/C12H17NO3/c1-9(13)16-7-6-10-4-5-11(14-2)12(8-10)15-3/h4-5,8,13H,6-7H2,1-3H3. The van der Waals surface area contributed by atoms with Gasteiger partial charge < -0.3 is 14.2 Å². The van der Waals surface area contributed by atoms with Crippen molar-refractivity contribution in [2.24, 2.45) is 0 Å². The average molecular weight is 223 g/mol. The zero-order chi connectivity index (χ0) is 12.0. The summed E-state index contributed by atoms with van der Waals surface area (Å²) in [7, 11) is 3.22. The van der Waals surface area contributed by atoms with Gasteiger partial charge >= 0.3 is 0 Å². The highest BCUT2D eigenvalue weighted by molar-refractivity contribution is 5.69. The van der Waals surface area contributed by atoms with Gasteiger partial charge in [-0.3, -0.25) is 5.41 Å². The van der Waals surface area contributed by atoms with Crippen molar-refractivity contribution in [3.05, 3.63) is 23.8 Å². The SMILES string of the molecule is COc1ccc(CCOC(C)=N)cc1OC. The van der Waals surface area contributed by atoms with E-state index in [9.17, 15) is 0 Å². The van der Waals surface area contributed by atoms with Crippen LogP contribution >= 0.6 is 0 Å². The first-order valence-electron chi connectivity index (χ1n) is 5.06. The topological polar surface area (TPSA) is 51.5 Å². The molecule has 0 aliphatic heterocycles. The lowest BCUT2D eigenvalue weighted by molar-refractivity contribution is 0.303. The Kier molecular flexibility index (Phi) is 4.64. The van der Waals surface area contributed by atoms with Crippen molar-refractivity contribution in [2.75, 3.05) is 20.8 Å². The van der Waals surface area contributed by atoms with Crippen LogP contribution < -0.4 is 9.47 Å². The minimum Gasteiger partial charge on any atom is -0.493 e. The molecular formula is C12H17NO3. The lowest BCUT2D eigenvalue weighted by Gasteiger charge is -2.09. The summed E-state index contributed by atoms with van der Waals surface area (Å²) in [6, 6.07) is 5.75. The first-order chi connectivity index (χ1) is 7.67. The second-order valence-electron chi connectivity index (χ2n) is 3.34. The highest BCUT2D eigenvalue weighted by Crippen LogP contribution is 2.27. The van der Waals surface area contributed by atoms with E-state index in [-0.39, 0.29) is 5.90 Å². The van der Waals surface area contributed by atoms with E-state index in [1.54, 1.807) is 21.1 Å². The summed E-state index contributed by atoms with van der Waals surface area (Å²) in [5.41, 5.74) is 1.10. The predicted octanol–water partition coefficient (Wildman–Crippen LogP) is 2.26. The van der Waals surface area contributed by atoms with Gasteiger partial charge in [-0.1, -0.05) is 6.07 Å². The van der Waals surface area contributed by atoms with Gasteiger partial charge in [0.15, 0.2) is 17.4 Å². The van der Waals surface area contributed by atoms with Crippen LogP contribution in [0.3, 0.4) is 0 Å². The third-order valence-corrected chi connectivity index (χ3v) is 2.16. The van der Waals surface area contributed by atoms with Gasteiger partial charge in [-0.15, -0.1) is 0 Å². The van der Waals surface area contributed by atoms with Gasteiger partial charge in [0.2, 0.25) is 0 Å². The molecule has 0 heterocycles. The molecule has 0 fully saturated rings. The van der Waals surface area contributed by atoms with Gasteiger partial charge in [0.05, 0.1) is 20.8 Å². The molecule has 4 nitrogen and oxygen atoms in total. The van der Waals surface area contributed by atoms with Crippen LogP contribution in [0.25, 0.3) is 0 Å². The monoisotopic (exact) mass is 223 g/mol. The smallest absolute Gasteiger partial charge is 0.177 e. The molecule has 0 unspecified atom stereocenters. The van der Waals surface area contributed by atoms with E-state index in [0.29, 0.717) is 12.4 Å². The molecule has 0 saturated heterocycles. The minimum atomic E-state index is 0.237. The summed E-state index contributed by atoms with van der Waals surface area (Å²) in [5, 5.41) is 7.14. The molecule has 4 heteroatoms. The van der Waals surface area contributed by atoms with Crippen molar-refractivity contribution in [1.29, 1.82) is 5.41 Å². The molecule has 1 aromatic carbocycles. The lowest BCUT2D eigenvalue weighted by atomic mass is 10.1. The summed E-state index contributed by atoms with van der Waals surface area (Å²) in [6.45, 7) is 2.12. The van der Waals surface area contributed by atoms with E-state index in [1.807, 2.05) is 18.2 Å². The van der Waals surface area contributed by atoms with E-state index < -0.39 is 0 Å². The molecule has 16 heavy (non-hydrogen) atoms. The van der Waals surface area contributed by atoms with E-state index in [2.05, 4.69) is 0 Å². The van der Waals surface area contributed by atoms with Crippen LogP contribution in [0.4, 0.5) is 0 Å². The first-order valence-corrected chi connectivity index (χ1v) is 5.06. The Labute approximate surface area is 95.6 Å². The fourth-order valence-electron chi connectivity index (χ4n) is 1.36. The quantitative estimate of drug-likeness (QED) is 0.615. The molecule has 0 saturated carbocycles. The largest absolute Gasteiger partial charge is 0.493 e. The number of hydrogen-bond acceptors (Lipinski definition) is 4. The van der Waals surface area contributed by atoms with Crippen molar-refractivity contribution in [3.8, 4) is 11.5 Å². The molecule has 1 aromatic rings. The fourth-order valence-corrected chi connectivity index (χ4v) is 1.36. The average Bonchev–Trinajstić information content (AvgIpc) is 2.28. The fraction of sp³-hybridized carbons (Fsp3) is 0.417. The Morgan fingerprint density at radius 2 is 1.88 bits per heavy atom. The van der Waals surface area contributed by atoms with E-state index in [1.165, 1.54) is 0 Å². The second kappa shape index (κ2) is 6.00. The molecule has 0 bridgehead atoms. The third-order valence-electron chi connectivity index (χ3n) is 2.16. The van der Waals surface area contributed by atoms with Gasteiger partial charge in [0.1, 0.15) is 0 Å². The highest BCUT2D eigenvalue weighted by Gasteiger charge is 2.04. The van der Waals surface area contributed by atoms with Crippen molar-refractivity contribution in [3.63, 3.8) is 0 Å². The van der Waals surface area contributed by atoms with Crippen LogP contribution in [0.2, 0.25) is 0 Å². The normalized spacial score (nSPS) is 9.69. The molecule has 0 aliphatic carbocycles. The van der Waals surface area contributed by atoms with Gasteiger partial charge in [0, 0.05) is 13.3 Å². The van der Waals surface area contributed by atoms with Crippen LogP contribution in [-0.4, -0.2) is 26.7 Å². The zero-order valence-corrected chi connectivity index (χ0v) is 9.87. The Bertz CT molecular complexity index is 363. The summed E-state index contributed by atoms with van der Waals surface area (Å²) >= 11 is 0. The van der Waals surface area contributed by atoms with Gasteiger partial charge in [0.25, 0.3) is 0 Å².